The van der Waals surface area contributed by atoms with Crippen molar-refractivity contribution in [2.45, 2.75) is 33.2 Å². The number of anilines is 1. The van der Waals surface area contributed by atoms with Crippen LogP contribution in [0.15, 0.2) is 47.6 Å². The minimum absolute atomic E-state index is 0.109. The SMILES string of the molecule is CCOc1cc(/C=N\NC(=O)C(=O)N[C@H](C)CC)ccc1OCC(=O)Nc1ccc(Cl)cc1. The third-order valence-electron chi connectivity index (χ3n) is 4.33. The van der Waals surface area contributed by atoms with Gasteiger partial charge in [0.2, 0.25) is 0 Å². The highest BCUT2D eigenvalue weighted by molar-refractivity contribution is 6.35. The van der Waals surface area contributed by atoms with Gasteiger partial charge in [0.15, 0.2) is 18.1 Å². The Bertz CT molecular complexity index is 995. The number of amides is 3. The number of nitrogens with one attached hydrogen (secondary N) is 3. The number of hydrogen-bond donors (Lipinski definition) is 3. The maximum absolute atomic E-state index is 12.1. The van der Waals surface area contributed by atoms with E-state index in [-0.39, 0.29) is 18.6 Å². The Morgan fingerprint density at radius 2 is 1.76 bits per heavy atom. The highest BCUT2D eigenvalue weighted by Crippen LogP contribution is 2.28. The van der Waals surface area contributed by atoms with Gasteiger partial charge in [-0.05, 0) is 68.3 Å². The van der Waals surface area contributed by atoms with E-state index < -0.39 is 11.8 Å². The molecule has 0 radical (unpaired) electrons. The highest BCUT2D eigenvalue weighted by atomic mass is 35.5. The fraction of sp³-hybridized carbons (Fsp3) is 0.304. The van der Waals surface area contributed by atoms with E-state index in [2.05, 4.69) is 21.2 Å². The zero-order valence-electron chi connectivity index (χ0n) is 18.7. The van der Waals surface area contributed by atoms with E-state index in [1.54, 1.807) is 49.4 Å². The molecule has 0 saturated carbocycles. The summed E-state index contributed by atoms with van der Waals surface area (Å²) in [6.07, 6.45) is 2.08. The zero-order valence-corrected chi connectivity index (χ0v) is 19.4. The molecule has 1 atom stereocenters. The topological polar surface area (TPSA) is 118 Å². The summed E-state index contributed by atoms with van der Waals surface area (Å²) >= 11 is 5.83. The lowest BCUT2D eigenvalue weighted by Gasteiger charge is -2.13. The molecule has 9 nitrogen and oxygen atoms in total. The second kappa shape index (κ2) is 13.1. The number of hydrazone groups is 1. The quantitative estimate of drug-likeness (QED) is 0.278. The van der Waals surface area contributed by atoms with Gasteiger partial charge in [-0.1, -0.05) is 18.5 Å². The largest absolute Gasteiger partial charge is 0.490 e. The van der Waals surface area contributed by atoms with Gasteiger partial charge < -0.3 is 20.1 Å². The molecule has 0 aromatic heterocycles. The maximum Gasteiger partial charge on any atom is 0.329 e. The summed E-state index contributed by atoms with van der Waals surface area (Å²) in [5, 5.41) is 9.63. The Balaban J connectivity index is 1.95. The molecule has 176 valence electrons. The number of hydrogen-bond acceptors (Lipinski definition) is 6. The van der Waals surface area contributed by atoms with Crippen LogP contribution in [0.3, 0.4) is 0 Å². The van der Waals surface area contributed by atoms with Crippen molar-refractivity contribution in [3.05, 3.63) is 53.1 Å². The lowest BCUT2D eigenvalue weighted by atomic mass is 10.2. The van der Waals surface area contributed by atoms with E-state index in [9.17, 15) is 14.4 Å². The zero-order chi connectivity index (χ0) is 24.2. The smallest absolute Gasteiger partial charge is 0.329 e. The van der Waals surface area contributed by atoms with Gasteiger partial charge in [-0.2, -0.15) is 5.10 Å². The van der Waals surface area contributed by atoms with Crippen molar-refractivity contribution in [3.8, 4) is 11.5 Å². The predicted octanol–water partition coefficient (Wildman–Crippen LogP) is 3.12. The van der Waals surface area contributed by atoms with E-state index in [4.69, 9.17) is 21.1 Å². The molecule has 33 heavy (non-hydrogen) atoms. The molecular weight excluding hydrogens is 448 g/mol. The van der Waals surface area contributed by atoms with Gasteiger partial charge in [0.05, 0.1) is 12.8 Å². The van der Waals surface area contributed by atoms with E-state index in [0.717, 1.165) is 0 Å². The molecule has 0 aliphatic heterocycles. The normalized spacial score (nSPS) is 11.5. The van der Waals surface area contributed by atoms with E-state index >= 15 is 0 Å². The first-order chi connectivity index (χ1) is 15.8. The van der Waals surface area contributed by atoms with Gasteiger partial charge >= 0.3 is 11.8 Å². The first-order valence-electron chi connectivity index (χ1n) is 10.4. The first kappa shape index (κ1) is 25.7. The summed E-state index contributed by atoms with van der Waals surface area (Å²) < 4.78 is 11.2. The third-order valence-corrected chi connectivity index (χ3v) is 4.58. The van der Waals surface area contributed by atoms with Gasteiger partial charge in [0, 0.05) is 16.8 Å². The lowest BCUT2D eigenvalue weighted by molar-refractivity contribution is -0.139. The van der Waals surface area contributed by atoms with Gasteiger partial charge in [0.25, 0.3) is 5.91 Å². The second-order valence-electron chi connectivity index (χ2n) is 6.96. The van der Waals surface area contributed by atoms with Gasteiger partial charge in [-0.3, -0.25) is 14.4 Å². The molecular formula is C23H27ClN4O5. The molecule has 0 spiro atoms. The number of ether oxygens (including phenoxy) is 2. The van der Waals surface area contributed by atoms with E-state index in [0.29, 0.717) is 40.8 Å². The summed E-state index contributed by atoms with van der Waals surface area (Å²) in [6.45, 7) is 5.66. The molecule has 3 amide bonds. The Morgan fingerprint density at radius 1 is 1.03 bits per heavy atom. The van der Waals surface area contributed by atoms with Crippen molar-refractivity contribution < 1.29 is 23.9 Å². The van der Waals surface area contributed by atoms with Crippen LogP contribution in [0, 0.1) is 0 Å². The number of carbonyl (C=O) groups excluding carboxylic acids is 3. The molecule has 2 rings (SSSR count). The monoisotopic (exact) mass is 474 g/mol. The first-order valence-corrected chi connectivity index (χ1v) is 10.8. The molecule has 0 aliphatic carbocycles. The summed E-state index contributed by atoms with van der Waals surface area (Å²) in [5.41, 5.74) is 3.38. The minimum atomic E-state index is -0.858. The Hall–Kier alpha value is -3.59. The highest BCUT2D eigenvalue weighted by Gasteiger charge is 2.14. The Morgan fingerprint density at radius 3 is 2.42 bits per heavy atom. The second-order valence-corrected chi connectivity index (χ2v) is 7.40. The van der Waals surface area contributed by atoms with E-state index in [1.165, 1.54) is 6.21 Å². The van der Waals surface area contributed by atoms with Crippen LogP contribution in [-0.2, 0) is 14.4 Å². The summed E-state index contributed by atoms with van der Waals surface area (Å²) in [7, 11) is 0. The van der Waals surface area contributed by atoms with Crippen LogP contribution in [-0.4, -0.2) is 43.2 Å². The van der Waals surface area contributed by atoms with Crippen LogP contribution in [0.1, 0.15) is 32.8 Å². The summed E-state index contributed by atoms with van der Waals surface area (Å²) in [5.74, 6) is -1.18. The van der Waals surface area contributed by atoms with Crippen molar-refractivity contribution >= 4 is 41.2 Å². The van der Waals surface area contributed by atoms with E-state index in [1.807, 2.05) is 13.8 Å². The Labute approximate surface area is 197 Å². The molecule has 0 bridgehead atoms. The van der Waals surface area contributed by atoms with Crippen LogP contribution in [0.5, 0.6) is 11.5 Å². The summed E-state index contributed by atoms with van der Waals surface area (Å²) in [4.78, 5) is 35.7. The van der Waals surface area contributed by atoms with Crippen LogP contribution in [0.4, 0.5) is 5.69 Å². The maximum atomic E-state index is 12.1. The molecule has 0 aliphatic rings. The average molecular weight is 475 g/mol. The van der Waals surface area contributed by atoms with Crippen molar-refractivity contribution in [1.29, 1.82) is 0 Å². The fourth-order valence-corrected chi connectivity index (χ4v) is 2.60. The van der Waals surface area contributed by atoms with Crippen molar-refractivity contribution in [3.63, 3.8) is 0 Å². The minimum Gasteiger partial charge on any atom is -0.490 e. The molecule has 2 aromatic carbocycles. The number of halogens is 1. The van der Waals surface area contributed by atoms with Crippen LogP contribution >= 0.6 is 11.6 Å². The molecule has 0 saturated heterocycles. The number of carbonyl (C=O) groups is 3. The van der Waals surface area contributed by atoms with Crippen molar-refractivity contribution in [1.82, 2.24) is 10.7 Å². The van der Waals surface area contributed by atoms with Crippen LogP contribution in [0.2, 0.25) is 5.02 Å². The molecule has 3 N–H and O–H groups in total. The summed E-state index contributed by atoms with van der Waals surface area (Å²) in [6, 6.07) is 11.5. The molecule has 0 heterocycles. The molecule has 0 unspecified atom stereocenters. The third kappa shape index (κ3) is 8.82. The van der Waals surface area contributed by atoms with Gasteiger partial charge in [0.1, 0.15) is 0 Å². The van der Waals surface area contributed by atoms with Crippen LogP contribution < -0.4 is 25.5 Å². The number of benzene rings is 2. The fourth-order valence-electron chi connectivity index (χ4n) is 2.47. The van der Waals surface area contributed by atoms with Gasteiger partial charge in [-0.15, -0.1) is 0 Å². The number of nitrogens with zero attached hydrogens (tertiary/aromatic N) is 1. The van der Waals surface area contributed by atoms with Crippen molar-refractivity contribution in [2.75, 3.05) is 18.5 Å². The number of rotatable bonds is 10. The lowest BCUT2D eigenvalue weighted by Crippen LogP contribution is -2.41. The standard InChI is InChI=1S/C23H27ClN4O5/c1-4-15(3)26-22(30)23(31)28-25-13-16-6-11-19(20(12-16)32-5-2)33-14-21(29)27-18-9-7-17(24)8-10-18/h6-13,15H,4-5,14H2,1-3H3,(H,26,30)(H,27,29)(H,28,31)/b25-13-/t15-/m1/s1. The van der Waals surface area contributed by atoms with Gasteiger partial charge in [-0.25, -0.2) is 5.43 Å². The molecule has 2 aromatic rings. The van der Waals surface area contributed by atoms with Crippen molar-refractivity contribution in [2.24, 2.45) is 5.10 Å². The predicted molar refractivity (Wildman–Crippen MR) is 127 cm³/mol. The molecule has 0 fully saturated rings. The molecule has 10 heteroatoms. The van der Waals surface area contributed by atoms with Crippen LogP contribution in [0.25, 0.3) is 0 Å². The average Bonchev–Trinajstić information content (AvgIpc) is 2.80. The Kier molecular flexibility index (Phi) is 10.2.